The minimum atomic E-state index is 0.0163. The highest BCUT2D eigenvalue weighted by atomic mass is 32.2. The molecule has 0 atom stereocenters. The summed E-state index contributed by atoms with van der Waals surface area (Å²) >= 11 is 1.58. The average Bonchev–Trinajstić information content (AvgIpc) is 3.26. The Morgan fingerprint density at radius 2 is 1.75 bits per heavy atom. The number of carbonyl (C=O) groups is 1. The van der Waals surface area contributed by atoms with Crippen LogP contribution >= 0.6 is 11.8 Å². The highest BCUT2D eigenvalue weighted by Gasteiger charge is 2.12. The molecular formula is C22H20N4OS. The summed E-state index contributed by atoms with van der Waals surface area (Å²) in [6, 6.07) is 22.3. The van der Waals surface area contributed by atoms with Gasteiger partial charge in [0.1, 0.15) is 6.33 Å². The van der Waals surface area contributed by atoms with Crippen molar-refractivity contribution in [3.8, 4) is 0 Å². The van der Waals surface area contributed by atoms with Gasteiger partial charge in [-0.15, -0.1) is 0 Å². The maximum atomic E-state index is 12.8. The predicted molar refractivity (Wildman–Crippen MR) is 112 cm³/mol. The van der Waals surface area contributed by atoms with Crippen molar-refractivity contribution in [1.29, 1.82) is 0 Å². The fourth-order valence-corrected chi connectivity index (χ4v) is 3.80. The number of benzene rings is 3. The number of nitrogens with zero attached hydrogens (tertiary/aromatic N) is 3. The maximum Gasteiger partial charge on any atom is 0.253 e. The van der Waals surface area contributed by atoms with Crippen LogP contribution in [0.2, 0.25) is 0 Å². The second-order valence-corrected chi connectivity index (χ2v) is 7.58. The van der Waals surface area contributed by atoms with Crippen LogP contribution in [0.4, 0.5) is 0 Å². The van der Waals surface area contributed by atoms with E-state index in [1.165, 1.54) is 17.1 Å². The van der Waals surface area contributed by atoms with Crippen molar-refractivity contribution in [2.45, 2.75) is 17.5 Å². The number of aromatic amines is 1. The zero-order valence-corrected chi connectivity index (χ0v) is 16.3. The van der Waals surface area contributed by atoms with Crippen molar-refractivity contribution >= 4 is 28.4 Å². The third kappa shape index (κ3) is 4.23. The SMILES string of the molecule is CN(Cc1ccc2ccccc2c1)C(=O)c1ccc(CSc2ncn[nH]2)cc1. The Morgan fingerprint density at radius 3 is 2.50 bits per heavy atom. The second-order valence-electron chi connectivity index (χ2n) is 6.62. The molecule has 0 aliphatic rings. The predicted octanol–water partition coefficient (Wildman–Crippen LogP) is 4.52. The van der Waals surface area contributed by atoms with E-state index in [1.807, 2.05) is 43.4 Å². The summed E-state index contributed by atoms with van der Waals surface area (Å²) in [6.07, 6.45) is 1.50. The molecule has 0 aliphatic carbocycles. The summed E-state index contributed by atoms with van der Waals surface area (Å²) < 4.78 is 0. The third-order valence-electron chi connectivity index (χ3n) is 4.55. The van der Waals surface area contributed by atoms with Gasteiger partial charge in [-0.25, -0.2) is 4.98 Å². The van der Waals surface area contributed by atoms with Gasteiger partial charge in [-0.1, -0.05) is 60.3 Å². The van der Waals surface area contributed by atoms with E-state index in [4.69, 9.17) is 0 Å². The van der Waals surface area contributed by atoms with E-state index in [0.717, 1.165) is 22.0 Å². The fraction of sp³-hybridized carbons (Fsp3) is 0.136. The van der Waals surface area contributed by atoms with Gasteiger partial charge in [-0.2, -0.15) is 5.10 Å². The van der Waals surface area contributed by atoms with E-state index in [1.54, 1.807) is 16.7 Å². The number of hydrogen-bond donors (Lipinski definition) is 1. The van der Waals surface area contributed by atoms with E-state index in [-0.39, 0.29) is 5.91 Å². The maximum absolute atomic E-state index is 12.8. The minimum absolute atomic E-state index is 0.0163. The van der Waals surface area contributed by atoms with Gasteiger partial charge in [0, 0.05) is 24.9 Å². The number of amides is 1. The standard InChI is InChI=1S/C22H20N4OS/c1-26(13-17-8-9-18-4-2-3-5-20(18)12-17)21(27)19-10-6-16(7-11-19)14-28-22-23-15-24-25-22/h2-12,15H,13-14H2,1H3,(H,23,24,25). The van der Waals surface area contributed by atoms with Gasteiger partial charge in [-0.05, 0) is 40.1 Å². The first-order valence-electron chi connectivity index (χ1n) is 8.99. The summed E-state index contributed by atoms with van der Waals surface area (Å²) in [5, 5.41) is 9.85. The molecule has 5 nitrogen and oxygen atoms in total. The first-order chi connectivity index (χ1) is 13.7. The van der Waals surface area contributed by atoms with Crippen molar-refractivity contribution in [2.24, 2.45) is 0 Å². The van der Waals surface area contributed by atoms with Gasteiger partial charge >= 0.3 is 0 Å². The monoisotopic (exact) mass is 388 g/mol. The number of rotatable bonds is 6. The molecule has 0 spiro atoms. The molecule has 1 N–H and O–H groups in total. The minimum Gasteiger partial charge on any atom is -0.337 e. The van der Waals surface area contributed by atoms with Gasteiger partial charge in [0.15, 0.2) is 5.16 Å². The molecule has 0 aliphatic heterocycles. The van der Waals surface area contributed by atoms with Crippen LogP contribution in [0.3, 0.4) is 0 Å². The summed E-state index contributed by atoms with van der Waals surface area (Å²) in [6.45, 7) is 0.576. The Morgan fingerprint density at radius 1 is 1.00 bits per heavy atom. The molecule has 28 heavy (non-hydrogen) atoms. The van der Waals surface area contributed by atoms with Crippen LogP contribution in [-0.4, -0.2) is 33.0 Å². The summed E-state index contributed by atoms with van der Waals surface area (Å²) in [5.41, 5.74) is 2.95. The Hall–Kier alpha value is -3.12. The van der Waals surface area contributed by atoms with Crippen LogP contribution in [-0.2, 0) is 12.3 Å². The quantitative estimate of drug-likeness (QED) is 0.493. The highest BCUT2D eigenvalue weighted by molar-refractivity contribution is 7.98. The van der Waals surface area contributed by atoms with Crippen molar-refractivity contribution in [3.05, 3.63) is 89.7 Å². The Labute approximate surface area is 167 Å². The molecule has 1 amide bonds. The molecule has 3 aromatic carbocycles. The molecule has 4 rings (SSSR count). The molecule has 1 heterocycles. The average molecular weight is 388 g/mol. The van der Waals surface area contributed by atoms with Crippen LogP contribution < -0.4 is 0 Å². The number of carbonyl (C=O) groups excluding carboxylic acids is 1. The molecule has 0 saturated heterocycles. The van der Waals surface area contributed by atoms with Crippen molar-refractivity contribution in [3.63, 3.8) is 0 Å². The fourth-order valence-electron chi connectivity index (χ4n) is 3.06. The van der Waals surface area contributed by atoms with Gasteiger partial charge in [0.25, 0.3) is 5.91 Å². The summed E-state index contributed by atoms with van der Waals surface area (Å²) in [5.74, 6) is 0.791. The first-order valence-corrected chi connectivity index (χ1v) is 9.98. The first kappa shape index (κ1) is 18.3. The number of thioether (sulfide) groups is 1. The van der Waals surface area contributed by atoms with Gasteiger partial charge < -0.3 is 4.90 Å². The van der Waals surface area contributed by atoms with E-state index in [0.29, 0.717) is 12.1 Å². The van der Waals surface area contributed by atoms with Crippen molar-refractivity contribution in [1.82, 2.24) is 20.1 Å². The molecule has 0 bridgehead atoms. The van der Waals surface area contributed by atoms with Crippen molar-refractivity contribution in [2.75, 3.05) is 7.05 Å². The zero-order valence-electron chi connectivity index (χ0n) is 15.5. The Kier molecular flexibility index (Phi) is 5.39. The Balaban J connectivity index is 1.39. The molecule has 0 saturated carbocycles. The molecular weight excluding hydrogens is 368 g/mol. The van der Waals surface area contributed by atoms with Crippen molar-refractivity contribution < 1.29 is 4.79 Å². The van der Waals surface area contributed by atoms with Gasteiger partial charge in [-0.3, -0.25) is 9.89 Å². The van der Waals surface area contributed by atoms with Crippen LogP contribution in [0, 0.1) is 0 Å². The summed E-state index contributed by atoms with van der Waals surface area (Å²) in [4.78, 5) is 18.6. The third-order valence-corrected chi connectivity index (χ3v) is 5.50. The number of H-pyrrole nitrogens is 1. The molecule has 0 radical (unpaired) electrons. The smallest absolute Gasteiger partial charge is 0.253 e. The number of fused-ring (bicyclic) bond motifs is 1. The van der Waals surface area contributed by atoms with E-state index in [2.05, 4.69) is 45.5 Å². The van der Waals surface area contributed by atoms with Crippen LogP contribution in [0.1, 0.15) is 21.5 Å². The highest BCUT2D eigenvalue weighted by Crippen LogP contribution is 2.20. The van der Waals surface area contributed by atoms with E-state index < -0.39 is 0 Å². The lowest BCUT2D eigenvalue weighted by Gasteiger charge is -2.18. The van der Waals surface area contributed by atoms with Gasteiger partial charge in [0.2, 0.25) is 0 Å². The normalized spacial score (nSPS) is 10.9. The van der Waals surface area contributed by atoms with E-state index >= 15 is 0 Å². The van der Waals surface area contributed by atoms with Crippen LogP contribution in [0.5, 0.6) is 0 Å². The molecule has 6 heteroatoms. The molecule has 0 fully saturated rings. The molecule has 4 aromatic rings. The second kappa shape index (κ2) is 8.27. The molecule has 0 unspecified atom stereocenters. The molecule has 140 valence electrons. The number of aromatic nitrogens is 3. The topological polar surface area (TPSA) is 61.9 Å². The Bertz CT molecular complexity index is 1080. The largest absolute Gasteiger partial charge is 0.337 e. The van der Waals surface area contributed by atoms with E-state index in [9.17, 15) is 4.79 Å². The van der Waals surface area contributed by atoms with Gasteiger partial charge in [0.05, 0.1) is 0 Å². The van der Waals surface area contributed by atoms with Crippen LogP contribution in [0.25, 0.3) is 10.8 Å². The lowest BCUT2D eigenvalue weighted by Crippen LogP contribution is -2.26. The number of hydrogen-bond acceptors (Lipinski definition) is 4. The zero-order chi connectivity index (χ0) is 19.3. The number of nitrogens with one attached hydrogen (secondary N) is 1. The van der Waals surface area contributed by atoms with Crippen LogP contribution in [0.15, 0.2) is 78.2 Å². The lowest BCUT2D eigenvalue weighted by atomic mass is 10.1. The molecule has 1 aromatic heterocycles. The lowest BCUT2D eigenvalue weighted by molar-refractivity contribution is 0.0785. The summed E-state index contributed by atoms with van der Waals surface area (Å²) in [7, 11) is 1.84.